The normalized spacial score (nSPS) is 14.3. The summed E-state index contributed by atoms with van der Waals surface area (Å²) in [7, 11) is 0. The summed E-state index contributed by atoms with van der Waals surface area (Å²) in [6.45, 7) is 0.483. The summed E-state index contributed by atoms with van der Waals surface area (Å²) in [5.41, 5.74) is 8.84. The lowest BCUT2D eigenvalue weighted by atomic mass is 10.1. The van der Waals surface area contributed by atoms with Crippen LogP contribution in [-0.2, 0) is 19.4 Å². The fourth-order valence-electron chi connectivity index (χ4n) is 2.75. The van der Waals surface area contributed by atoms with E-state index in [9.17, 15) is 4.79 Å². The van der Waals surface area contributed by atoms with Crippen LogP contribution >= 0.6 is 11.3 Å². The second-order valence-electron chi connectivity index (χ2n) is 5.48. The molecule has 110 valence electrons. The quantitative estimate of drug-likeness (QED) is 0.849. The number of benzene rings is 1. The van der Waals surface area contributed by atoms with E-state index in [1.165, 1.54) is 29.7 Å². The fourth-order valence-corrected chi connectivity index (χ4v) is 3.90. The molecule has 0 spiro atoms. The molecule has 3 rings (SSSR count). The number of hydrogen-bond acceptors (Lipinski definition) is 3. The monoisotopic (exact) mass is 300 g/mol. The van der Waals surface area contributed by atoms with E-state index in [-0.39, 0.29) is 5.91 Å². The second-order valence-corrected chi connectivity index (χ2v) is 6.62. The minimum absolute atomic E-state index is 0.0118. The zero-order valence-corrected chi connectivity index (χ0v) is 12.8. The number of nitrogens with two attached hydrogens (primary N) is 1. The van der Waals surface area contributed by atoms with Gasteiger partial charge in [0.2, 0.25) is 0 Å². The Bertz CT molecular complexity index is 624. The maximum atomic E-state index is 12.4. The average molecular weight is 300 g/mol. The first-order valence-corrected chi connectivity index (χ1v) is 8.30. The van der Waals surface area contributed by atoms with Crippen molar-refractivity contribution in [2.75, 3.05) is 5.32 Å². The number of rotatable bonds is 3. The smallest absolute Gasteiger partial charge is 0.265 e. The highest BCUT2D eigenvalue weighted by atomic mass is 32.1. The van der Waals surface area contributed by atoms with Crippen LogP contribution in [0, 0.1) is 0 Å². The van der Waals surface area contributed by atoms with Crippen LogP contribution in [0.25, 0.3) is 0 Å². The number of carbonyl (C=O) groups is 1. The molecule has 1 aliphatic rings. The highest BCUT2D eigenvalue weighted by Gasteiger charge is 2.16. The van der Waals surface area contributed by atoms with Crippen LogP contribution < -0.4 is 11.1 Å². The number of fused-ring (bicyclic) bond motifs is 1. The Morgan fingerprint density at radius 2 is 2.05 bits per heavy atom. The van der Waals surface area contributed by atoms with Crippen molar-refractivity contribution in [2.45, 2.75) is 38.6 Å². The van der Waals surface area contributed by atoms with E-state index in [1.54, 1.807) is 11.3 Å². The van der Waals surface area contributed by atoms with Crippen molar-refractivity contribution in [2.24, 2.45) is 5.73 Å². The summed E-state index contributed by atoms with van der Waals surface area (Å²) in [4.78, 5) is 14.6. The topological polar surface area (TPSA) is 55.1 Å². The molecule has 1 aliphatic carbocycles. The van der Waals surface area contributed by atoms with E-state index in [4.69, 9.17) is 5.73 Å². The average Bonchev–Trinajstić information content (AvgIpc) is 2.79. The summed E-state index contributed by atoms with van der Waals surface area (Å²) in [5, 5.41) is 2.97. The molecule has 0 radical (unpaired) electrons. The van der Waals surface area contributed by atoms with Crippen LogP contribution in [0.15, 0.2) is 30.3 Å². The van der Waals surface area contributed by atoms with Crippen LogP contribution in [0.4, 0.5) is 5.69 Å². The van der Waals surface area contributed by atoms with Gasteiger partial charge in [0.25, 0.3) is 5.91 Å². The predicted molar refractivity (Wildman–Crippen MR) is 87.9 cm³/mol. The highest BCUT2D eigenvalue weighted by molar-refractivity contribution is 7.14. The molecular formula is C17H20N2OS. The van der Waals surface area contributed by atoms with E-state index in [1.807, 2.05) is 24.3 Å². The third-order valence-corrected chi connectivity index (χ3v) is 5.13. The number of aryl methyl sites for hydroxylation is 2. The van der Waals surface area contributed by atoms with Crippen molar-refractivity contribution in [1.29, 1.82) is 0 Å². The predicted octanol–water partition coefficient (Wildman–Crippen LogP) is 3.73. The minimum Gasteiger partial charge on any atom is -0.326 e. The third kappa shape index (κ3) is 3.34. The lowest BCUT2D eigenvalue weighted by molar-refractivity contribution is 0.103. The van der Waals surface area contributed by atoms with Gasteiger partial charge in [-0.1, -0.05) is 18.6 Å². The van der Waals surface area contributed by atoms with E-state index in [0.29, 0.717) is 6.54 Å². The number of thiophene rings is 1. The van der Waals surface area contributed by atoms with Crippen molar-refractivity contribution in [3.05, 3.63) is 51.2 Å². The van der Waals surface area contributed by atoms with E-state index in [2.05, 4.69) is 11.4 Å². The number of hydrogen-bond donors (Lipinski definition) is 2. The number of amides is 1. The van der Waals surface area contributed by atoms with Crippen molar-refractivity contribution in [1.82, 2.24) is 0 Å². The van der Waals surface area contributed by atoms with Gasteiger partial charge in [-0.2, -0.15) is 0 Å². The molecule has 3 N–H and O–H groups in total. The Kier molecular flexibility index (Phi) is 4.36. The van der Waals surface area contributed by atoms with Gasteiger partial charge in [-0.15, -0.1) is 11.3 Å². The fraction of sp³-hybridized carbons (Fsp3) is 0.353. The Morgan fingerprint density at radius 3 is 2.90 bits per heavy atom. The van der Waals surface area contributed by atoms with Crippen molar-refractivity contribution in [3.8, 4) is 0 Å². The molecule has 1 aromatic carbocycles. The maximum Gasteiger partial charge on any atom is 0.265 e. The standard InChI is InChI=1S/C17H20N2OS/c18-11-12-5-4-7-14(9-12)19-17(20)16-10-13-6-2-1-3-8-15(13)21-16/h4-5,7,9-10H,1-3,6,8,11,18H2,(H,19,20). The number of nitrogens with one attached hydrogen (secondary N) is 1. The molecule has 0 unspecified atom stereocenters. The summed E-state index contributed by atoms with van der Waals surface area (Å²) < 4.78 is 0. The first-order valence-electron chi connectivity index (χ1n) is 7.48. The molecule has 1 aromatic heterocycles. The van der Waals surface area contributed by atoms with Gasteiger partial charge in [0.15, 0.2) is 0 Å². The summed E-state index contributed by atoms with van der Waals surface area (Å²) in [6.07, 6.45) is 6.02. The van der Waals surface area contributed by atoms with Gasteiger partial charge < -0.3 is 11.1 Å². The Balaban J connectivity index is 1.76. The first-order chi connectivity index (χ1) is 10.3. The molecule has 0 atom stereocenters. The van der Waals surface area contributed by atoms with Crippen LogP contribution in [-0.4, -0.2) is 5.91 Å². The Hall–Kier alpha value is -1.65. The van der Waals surface area contributed by atoms with Crippen LogP contribution in [0.2, 0.25) is 0 Å². The number of anilines is 1. The molecule has 1 amide bonds. The van der Waals surface area contributed by atoms with Gasteiger partial charge in [-0.3, -0.25) is 4.79 Å². The van der Waals surface area contributed by atoms with Gasteiger partial charge in [0.05, 0.1) is 4.88 Å². The van der Waals surface area contributed by atoms with Crippen molar-refractivity contribution < 1.29 is 4.79 Å². The van der Waals surface area contributed by atoms with E-state index >= 15 is 0 Å². The molecule has 0 aliphatic heterocycles. The zero-order valence-electron chi connectivity index (χ0n) is 12.0. The molecule has 1 heterocycles. The zero-order chi connectivity index (χ0) is 14.7. The second kappa shape index (κ2) is 6.41. The summed E-state index contributed by atoms with van der Waals surface area (Å²) in [6, 6.07) is 9.78. The van der Waals surface area contributed by atoms with Gasteiger partial charge in [0, 0.05) is 17.1 Å². The Labute approximate surface area is 129 Å². The van der Waals surface area contributed by atoms with Gasteiger partial charge in [-0.25, -0.2) is 0 Å². The van der Waals surface area contributed by atoms with Gasteiger partial charge >= 0.3 is 0 Å². The third-order valence-electron chi connectivity index (χ3n) is 3.89. The van der Waals surface area contributed by atoms with Crippen LogP contribution in [0.3, 0.4) is 0 Å². The van der Waals surface area contributed by atoms with Crippen LogP contribution in [0.1, 0.15) is 44.9 Å². The molecule has 21 heavy (non-hydrogen) atoms. The van der Waals surface area contributed by atoms with E-state index < -0.39 is 0 Å². The first kappa shape index (κ1) is 14.3. The molecular weight excluding hydrogens is 280 g/mol. The SMILES string of the molecule is NCc1cccc(NC(=O)c2cc3c(s2)CCCCC3)c1. The minimum atomic E-state index is -0.0118. The summed E-state index contributed by atoms with van der Waals surface area (Å²) >= 11 is 1.65. The molecule has 3 nitrogen and oxygen atoms in total. The highest BCUT2D eigenvalue weighted by Crippen LogP contribution is 2.29. The Morgan fingerprint density at radius 1 is 1.19 bits per heavy atom. The summed E-state index contributed by atoms with van der Waals surface area (Å²) in [5.74, 6) is -0.0118. The largest absolute Gasteiger partial charge is 0.326 e. The molecule has 0 fully saturated rings. The molecule has 0 bridgehead atoms. The van der Waals surface area contributed by atoms with Crippen LogP contribution in [0.5, 0.6) is 0 Å². The van der Waals surface area contributed by atoms with Gasteiger partial charge in [-0.05, 0) is 55.0 Å². The molecule has 2 aromatic rings. The lowest BCUT2D eigenvalue weighted by Gasteiger charge is -2.05. The van der Waals surface area contributed by atoms with E-state index in [0.717, 1.165) is 29.0 Å². The number of carbonyl (C=O) groups excluding carboxylic acids is 1. The van der Waals surface area contributed by atoms with Crippen molar-refractivity contribution in [3.63, 3.8) is 0 Å². The van der Waals surface area contributed by atoms with Gasteiger partial charge in [0.1, 0.15) is 0 Å². The molecule has 4 heteroatoms. The molecule has 0 saturated carbocycles. The maximum absolute atomic E-state index is 12.4. The lowest BCUT2D eigenvalue weighted by Crippen LogP contribution is -2.10. The molecule has 0 saturated heterocycles. The van der Waals surface area contributed by atoms with Crippen molar-refractivity contribution >= 4 is 22.9 Å².